The number of hydrogen-bond acceptors (Lipinski definition) is 3. The van der Waals surface area contributed by atoms with Crippen LogP contribution < -0.4 is 0 Å². The molecule has 0 radical (unpaired) electrons. The molecule has 0 aromatic carbocycles. The number of carbonyl (C=O) groups excluding carboxylic acids is 1. The average Bonchev–Trinajstić information content (AvgIpc) is 1.82. The molecule has 0 amide bonds. The molecule has 0 bridgehead atoms. The fourth-order valence-electron chi connectivity index (χ4n) is 0.694. The van der Waals surface area contributed by atoms with Gasteiger partial charge in [0.1, 0.15) is 4.75 Å². The summed E-state index contributed by atoms with van der Waals surface area (Å²) in [6.07, 6.45) is 1.20. The van der Waals surface area contributed by atoms with Gasteiger partial charge in [0.05, 0.1) is 0 Å². The second kappa shape index (κ2) is 3.62. The highest BCUT2D eigenvalue weighted by Crippen LogP contribution is 2.19. The molecular weight excluding hydrogens is 188 g/mol. The Labute approximate surface area is 79.8 Å². The first-order valence-electron chi connectivity index (χ1n) is 3.96. The lowest BCUT2D eigenvalue weighted by Gasteiger charge is -2.20. The fraction of sp³-hybridized carbons (Fsp3) is 0.667. The molecule has 0 saturated heterocycles. The van der Waals surface area contributed by atoms with Crippen LogP contribution in [0.3, 0.4) is 0 Å². The Kier molecular flexibility index (Phi) is 3.44. The highest BCUT2D eigenvalue weighted by atomic mass is 32.2. The Hall–Kier alpha value is -0.640. The molecule has 0 atom stereocenters. The first kappa shape index (κ1) is 12.4. The largest absolute Gasteiger partial charge is 0.298 e. The van der Waals surface area contributed by atoms with Crippen LogP contribution in [0.2, 0.25) is 0 Å². The highest BCUT2D eigenvalue weighted by Gasteiger charge is 2.37. The minimum absolute atomic E-state index is 0.125. The third-order valence-corrected chi connectivity index (χ3v) is 4.14. The van der Waals surface area contributed by atoms with E-state index in [0.29, 0.717) is 5.57 Å². The van der Waals surface area contributed by atoms with Crippen molar-refractivity contribution in [2.45, 2.75) is 31.9 Å². The van der Waals surface area contributed by atoms with E-state index in [4.69, 9.17) is 0 Å². The van der Waals surface area contributed by atoms with Gasteiger partial charge in [-0.25, -0.2) is 8.42 Å². The summed E-state index contributed by atoms with van der Waals surface area (Å²) in [5, 5.41) is 0. The van der Waals surface area contributed by atoms with Crippen molar-refractivity contribution in [1.29, 1.82) is 0 Å². The van der Waals surface area contributed by atoms with E-state index in [1.165, 1.54) is 13.8 Å². The van der Waals surface area contributed by atoms with E-state index >= 15 is 0 Å². The quantitative estimate of drug-likeness (QED) is 0.649. The maximum absolute atomic E-state index is 11.5. The molecule has 0 unspecified atom stereocenters. The van der Waals surface area contributed by atoms with Crippen LogP contribution in [-0.4, -0.2) is 25.2 Å². The Morgan fingerprint density at radius 2 is 1.77 bits per heavy atom. The average molecular weight is 204 g/mol. The molecule has 0 aliphatic heterocycles. The molecule has 3 nitrogen and oxygen atoms in total. The van der Waals surface area contributed by atoms with Gasteiger partial charge in [0.25, 0.3) is 0 Å². The monoisotopic (exact) mass is 204 g/mol. The summed E-state index contributed by atoms with van der Waals surface area (Å²) in [6.45, 7) is 8.13. The van der Waals surface area contributed by atoms with E-state index < -0.39 is 14.6 Å². The number of sulfone groups is 1. The van der Waals surface area contributed by atoms with Crippen LogP contribution in [0, 0.1) is 0 Å². The number of hydrogen-bond donors (Lipinski definition) is 0. The van der Waals surface area contributed by atoms with Crippen LogP contribution in [0.15, 0.2) is 12.2 Å². The summed E-state index contributed by atoms with van der Waals surface area (Å²) in [4.78, 5) is 11.5. The van der Waals surface area contributed by atoms with Crippen molar-refractivity contribution in [3.63, 3.8) is 0 Å². The number of carbonyl (C=O) groups is 1. The summed E-state index contributed by atoms with van der Waals surface area (Å²) in [5.41, 5.74) is 0.682. The summed E-state index contributed by atoms with van der Waals surface area (Å²) in [7, 11) is -3.34. The molecule has 0 N–H and O–H groups in total. The summed E-state index contributed by atoms with van der Waals surface area (Å²) < 4.78 is 21.2. The molecule has 0 aliphatic carbocycles. The van der Waals surface area contributed by atoms with Crippen molar-refractivity contribution in [1.82, 2.24) is 0 Å². The van der Waals surface area contributed by atoms with Crippen LogP contribution in [0.4, 0.5) is 0 Å². The minimum Gasteiger partial charge on any atom is -0.298 e. The Morgan fingerprint density at radius 1 is 1.38 bits per heavy atom. The van der Waals surface area contributed by atoms with E-state index in [9.17, 15) is 13.2 Å². The predicted octanol–water partition coefficient (Wildman–Crippen LogP) is 1.34. The molecule has 76 valence electrons. The van der Waals surface area contributed by atoms with Gasteiger partial charge in [-0.1, -0.05) is 12.2 Å². The van der Waals surface area contributed by atoms with Gasteiger partial charge >= 0.3 is 0 Å². The first-order valence-corrected chi connectivity index (χ1v) is 5.85. The molecule has 13 heavy (non-hydrogen) atoms. The predicted molar refractivity (Wildman–Crippen MR) is 53.4 cm³/mol. The Balaban J connectivity index is 4.87. The smallest absolute Gasteiger partial charge is 0.159 e. The number of Topliss-reactive ketones (excluding diaryl/α,β-unsaturated/α-hetero) is 1. The molecule has 0 aromatic heterocycles. The van der Waals surface area contributed by atoms with Crippen molar-refractivity contribution >= 4 is 15.6 Å². The number of allylic oxidation sites excluding steroid dienone is 1. The molecule has 0 heterocycles. The second-order valence-electron chi connectivity index (χ2n) is 3.84. The third kappa shape index (κ3) is 2.95. The van der Waals surface area contributed by atoms with E-state index in [1.54, 1.807) is 6.92 Å². The maximum atomic E-state index is 11.5. The zero-order valence-electron chi connectivity index (χ0n) is 8.55. The van der Waals surface area contributed by atoms with Gasteiger partial charge in [0.15, 0.2) is 15.6 Å². The van der Waals surface area contributed by atoms with Crippen molar-refractivity contribution < 1.29 is 13.2 Å². The highest BCUT2D eigenvalue weighted by molar-refractivity contribution is 7.92. The van der Waals surface area contributed by atoms with Crippen LogP contribution in [0.5, 0.6) is 0 Å². The molecule has 0 spiro atoms. The van der Waals surface area contributed by atoms with Gasteiger partial charge in [0.2, 0.25) is 0 Å². The van der Waals surface area contributed by atoms with E-state index in [2.05, 4.69) is 6.58 Å². The molecule has 0 saturated carbocycles. The van der Waals surface area contributed by atoms with Crippen LogP contribution >= 0.6 is 0 Å². The van der Waals surface area contributed by atoms with Gasteiger partial charge < -0.3 is 0 Å². The van der Waals surface area contributed by atoms with Crippen molar-refractivity contribution in [2.75, 3.05) is 6.26 Å². The summed E-state index contributed by atoms with van der Waals surface area (Å²) >= 11 is 0. The van der Waals surface area contributed by atoms with Gasteiger partial charge in [0, 0.05) is 12.7 Å². The van der Waals surface area contributed by atoms with Crippen LogP contribution in [-0.2, 0) is 14.6 Å². The Morgan fingerprint density at radius 3 is 2.00 bits per heavy atom. The van der Waals surface area contributed by atoms with E-state index in [-0.39, 0.29) is 12.2 Å². The molecule has 0 fully saturated rings. The normalized spacial score (nSPS) is 12.6. The van der Waals surface area contributed by atoms with Crippen LogP contribution in [0.25, 0.3) is 0 Å². The van der Waals surface area contributed by atoms with Crippen LogP contribution in [0.1, 0.15) is 27.2 Å². The Bertz CT molecular complexity index is 323. The van der Waals surface area contributed by atoms with Crippen molar-refractivity contribution in [2.24, 2.45) is 0 Å². The molecule has 0 aromatic rings. The minimum atomic E-state index is -3.34. The zero-order chi connectivity index (χ0) is 10.9. The number of rotatable bonds is 4. The van der Waals surface area contributed by atoms with Gasteiger partial charge in [-0.2, -0.15) is 0 Å². The molecular formula is C9H16O3S. The second-order valence-corrected chi connectivity index (χ2v) is 6.40. The lowest BCUT2D eigenvalue weighted by Crippen LogP contribution is -2.39. The molecule has 0 aliphatic rings. The zero-order valence-corrected chi connectivity index (χ0v) is 9.36. The van der Waals surface area contributed by atoms with Gasteiger partial charge in [-0.15, -0.1) is 0 Å². The standard InChI is InChI=1S/C9H16O3S/c1-7(2)6-8(10)9(3,4)13(5,11)12/h1,6H2,2-5H3. The van der Waals surface area contributed by atoms with Gasteiger partial charge in [-0.3, -0.25) is 4.79 Å². The number of ketones is 1. The molecule has 0 rings (SSSR count). The SMILES string of the molecule is C=C(C)CC(=O)C(C)(C)S(C)(=O)=O. The van der Waals surface area contributed by atoms with E-state index in [1.807, 2.05) is 0 Å². The van der Waals surface area contributed by atoms with E-state index in [0.717, 1.165) is 6.26 Å². The maximum Gasteiger partial charge on any atom is 0.159 e. The summed E-state index contributed by atoms with van der Waals surface area (Å²) in [6, 6.07) is 0. The topological polar surface area (TPSA) is 51.2 Å². The van der Waals surface area contributed by atoms with Crippen molar-refractivity contribution in [3.8, 4) is 0 Å². The lowest BCUT2D eigenvalue weighted by atomic mass is 10.0. The third-order valence-electron chi connectivity index (χ3n) is 2.06. The first-order chi connectivity index (χ1) is 5.59. The fourth-order valence-corrected chi connectivity index (χ4v) is 1.18. The van der Waals surface area contributed by atoms with Crippen molar-refractivity contribution in [3.05, 3.63) is 12.2 Å². The summed E-state index contributed by atoms with van der Waals surface area (Å²) in [5.74, 6) is -0.303. The lowest BCUT2D eigenvalue weighted by molar-refractivity contribution is -0.120. The van der Waals surface area contributed by atoms with Gasteiger partial charge in [-0.05, 0) is 20.8 Å². The molecule has 4 heteroatoms.